The highest BCUT2D eigenvalue weighted by molar-refractivity contribution is 8.00. The van der Waals surface area contributed by atoms with Crippen molar-refractivity contribution in [2.24, 2.45) is 5.92 Å². The predicted molar refractivity (Wildman–Crippen MR) is 77.4 cm³/mol. The van der Waals surface area contributed by atoms with E-state index in [0.29, 0.717) is 11.7 Å². The molecule has 0 bridgehead atoms. The summed E-state index contributed by atoms with van der Waals surface area (Å²) in [5.74, 6) is 1.31. The number of phenols is 1. The summed E-state index contributed by atoms with van der Waals surface area (Å²) in [7, 11) is 0. The fraction of sp³-hybridized carbons (Fsp3) is 0.500. The first-order valence-corrected chi connectivity index (χ1v) is 7.62. The zero-order valence-electron chi connectivity index (χ0n) is 10.9. The molecule has 4 nitrogen and oxygen atoms in total. The van der Waals surface area contributed by atoms with Crippen LogP contribution in [0.3, 0.4) is 0 Å². The fourth-order valence-electron chi connectivity index (χ4n) is 2.10. The Hall–Kier alpha value is -1.20. The molecule has 19 heavy (non-hydrogen) atoms. The quantitative estimate of drug-likeness (QED) is 0.717. The topological polar surface area (TPSA) is 61.4 Å². The van der Waals surface area contributed by atoms with Crippen LogP contribution in [0, 0.1) is 5.92 Å². The number of nitrogens with one attached hydrogen (secondary N) is 2. The van der Waals surface area contributed by atoms with E-state index in [-0.39, 0.29) is 11.7 Å². The number of carbonyl (C=O) groups excluding carboxylic acids is 1. The molecule has 1 saturated heterocycles. The highest BCUT2D eigenvalue weighted by Crippen LogP contribution is 2.20. The summed E-state index contributed by atoms with van der Waals surface area (Å²) < 4.78 is 0. The monoisotopic (exact) mass is 280 g/mol. The van der Waals surface area contributed by atoms with Crippen LogP contribution < -0.4 is 10.6 Å². The van der Waals surface area contributed by atoms with Crippen molar-refractivity contribution in [1.82, 2.24) is 10.6 Å². The van der Waals surface area contributed by atoms with Crippen LogP contribution in [0.2, 0.25) is 0 Å². The number of piperidine rings is 1. The Morgan fingerprint density at radius 2 is 2.21 bits per heavy atom. The van der Waals surface area contributed by atoms with Gasteiger partial charge in [-0.05, 0) is 56.1 Å². The van der Waals surface area contributed by atoms with Gasteiger partial charge in [0.25, 0.3) is 0 Å². The number of hydrogen-bond donors (Lipinski definition) is 3. The third kappa shape index (κ3) is 5.12. The zero-order valence-corrected chi connectivity index (χ0v) is 11.7. The minimum atomic E-state index is 0.0728. The van der Waals surface area contributed by atoms with Crippen molar-refractivity contribution in [3.8, 4) is 5.75 Å². The van der Waals surface area contributed by atoms with E-state index in [1.807, 2.05) is 12.1 Å². The number of phenolic OH excluding ortho intramolecular Hbond substituents is 1. The van der Waals surface area contributed by atoms with Crippen molar-refractivity contribution in [1.29, 1.82) is 0 Å². The molecule has 0 aromatic heterocycles. The third-order valence-corrected chi connectivity index (χ3v) is 4.21. The second kappa shape index (κ2) is 7.40. The maximum atomic E-state index is 11.7. The second-order valence-electron chi connectivity index (χ2n) is 4.80. The number of aromatic hydroxyl groups is 1. The lowest BCUT2D eigenvalue weighted by molar-refractivity contribution is -0.118. The molecule has 0 saturated carbocycles. The summed E-state index contributed by atoms with van der Waals surface area (Å²) in [6.07, 6.45) is 2.39. The number of amides is 1. The van der Waals surface area contributed by atoms with Gasteiger partial charge in [0, 0.05) is 11.4 Å². The average molecular weight is 280 g/mol. The number of benzene rings is 1. The second-order valence-corrected chi connectivity index (χ2v) is 5.85. The maximum Gasteiger partial charge on any atom is 0.230 e. The summed E-state index contributed by atoms with van der Waals surface area (Å²) in [6, 6.07) is 6.90. The Morgan fingerprint density at radius 3 is 2.89 bits per heavy atom. The number of rotatable bonds is 5. The van der Waals surface area contributed by atoms with Crippen molar-refractivity contribution >= 4 is 17.7 Å². The van der Waals surface area contributed by atoms with E-state index in [1.54, 1.807) is 12.1 Å². The molecular weight excluding hydrogens is 260 g/mol. The Balaban J connectivity index is 1.65. The van der Waals surface area contributed by atoms with Gasteiger partial charge >= 0.3 is 0 Å². The molecule has 2 rings (SSSR count). The first-order valence-electron chi connectivity index (χ1n) is 6.63. The number of hydrogen-bond acceptors (Lipinski definition) is 4. The molecule has 1 aromatic rings. The standard InChI is InChI=1S/C14H20N2O2S/c17-12-3-5-13(6-4-12)19-10-14(18)16-9-11-2-1-7-15-8-11/h3-6,11,15,17H,1-2,7-10H2,(H,16,18). The summed E-state index contributed by atoms with van der Waals surface area (Å²) >= 11 is 1.49. The molecule has 1 amide bonds. The van der Waals surface area contributed by atoms with Crippen LogP contribution in [0.1, 0.15) is 12.8 Å². The van der Waals surface area contributed by atoms with Gasteiger partial charge in [0.2, 0.25) is 5.91 Å². The molecule has 1 heterocycles. The van der Waals surface area contributed by atoms with Gasteiger partial charge in [-0.1, -0.05) is 0 Å². The minimum absolute atomic E-state index is 0.0728. The summed E-state index contributed by atoms with van der Waals surface area (Å²) in [4.78, 5) is 12.7. The van der Waals surface area contributed by atoms with Gasteiger partial charge < -0.3 is 15.7 Å². The van der Waals surface area contributed by atoms with Crippen LogP contribution in [-0.4, -0.2) is 36.4 Å². The predicted octanol–water partition coefficient (Wildman–Crippen LogP) is 1.60. The molecule has 1 fully saturated rings. The largest absolute Gasteiger partial charge is 0.508 e. The molecule has 1 unspecified atom stereocenters. The van der Waals surface area contributed by atoms with Crippen LogP contribution in [0.5, 0.6) is 5.75 Å². The molecular formula is C14H20N2O2S. The van der Waals surface area contributed by atoms with Gasteiger partial charge in [0.15, 0.2) is 0 Å². The van der Waals surface area contributed by atoms with Gasteiger partial charge in [-0.25, -0.2) is 0 Å². The molecule has 1 aliphatic heterocycles. The zero-order chi connectivity index (χ0) is 13.5. The lowest BCUT2D eigenvalue weighted by atomic mass is 10.00. The van der Waals surface area contributed by atoms with Crippen LogP contribution in [0.15, 0.2) is 29.2 Å². The average Bonchev–Trinajstić information content (AvgIpc) is 2.45. The summed E-state index contributed by atoms with van der Waals surface area (Å²) in [5, 5.41) is 15.5. The van der Waals surface area contributed by atoms with Crippen molar-refractivity contribution in [2.45, 2.75) is 17.7 Å². The van der Waals surface area contributed by atoms with Crippen molar-refractivity contribution in [3.63, 3.8) is 0 Å². The minimum Gasteiger partial charge on any atom is -0.508 e. The first-order chi connectivity index (χ1) is 9.24. The van der Waals surface area contributed by atoms with E-state index >= 15 is 0 Å². The molecule has 0 aliphatic carbocycles. The Morgan fingerprint density at radius 1 is 1.42 bits per heavy atom. The van der Waals surface area contributed by atoms with Crippen LogP contribution >= 0.6 is 11.8 Å². The van der Waals surface area contributed by atoms with Gasteiger partial charge in [0.1, 0.15) is 5.75 Å². The number of carbonyl (C=O) groups is 1. The Bertz CT molecular complexity index is 402. The molecule has 3 N–H and O–H groups in total. The maximum absolute atomic E-state index is 11.7. The molecule has 0 radical (unpaired) electrons. The smallest absolute Gasteiger partial charge is 0.230 e. The van der Waals surface area contributed by atoms with Gasteiger partial charge in [-0.3, -0.25) is 4.79 Å². The van der Waals surface area contributed by atoms with Gasteiger partial charge in [-0.2, -0.15) is 0 Å². The molecule has 1 aromatic carbocycles. The third-order valence-electron chi connectivity index (χ3n) is 3.19. The Labute approximate surface area is 118 Å². The van der Waals surface area contributed by atoms with Crippen LogP contribution in [0.25, 0.3) is 0 Å². The summed E-state index contributed by atoms with van der Waals surface area (Å²) in [5.41, 5.74) is 0. The van der Waals surface area contributed by atoms with E-state index in [4.69, 9.17) is 5.11 Å². The van der Waals surface area contributed by atoms with Gasteiger partial charge in [0.05, 0.1) is 5.75 Å². The molecule has 0 spiro atoms. The SMILES string of the molecule is O=C(CSc1ccc(O)cc1)NCC1CCCNC1. The normalized spacial score (nSPS) is 19.1. The van der Waals surface area contributed by atoms with Gasteiger partial charge in [-0.15, -0.1) is 11.8 Å². The lowest BCUT2D eigenvalue weighted by Crippen LogP contribution is -2.38. The van der Waals surface area contributed by atoms with E-state index in [0.717, 1.165) is 24.5 Å². The Kier molecular flexibility index (Phi) is 5.54. The highest BCUT2D eigenvalue weighted by Gasteiger charge is 2.13. The summed E-state index contributed by atoms with van der Waals surface area (Å²) in [6.45, 7) is 2.87. The van der Waals surface area contributed by atoms with Crippen LogP contribution in [-0.2, 0) is 4.79 Å². The van der Waals surface area contributed by atoms with Crippen molar-refractivity contribution < 1.29 is 9.90 Å². The van der Waals surface area contributed by atoms with Crippen molar-refractivity contribution in [2.75, 3.05) is 25.4 Å². The lowest BCUT2D eigenvalue weighted by Gasteiger charge is -2.22. The van der Waals surface area contributed by atoms with Crippen molar-refractivity contribution in [3.05, 3.63) is 24.3 Å². The van der Waals surface area contributed by atoms with E-state index in [1.165, 1.54) is 24.6 Å². The molecule has 104 valence electrons. The molecule has 1 aliphatic rings. The fourth-order valence-corrected chi connectivity index (χ4v) is 2.83. The molecule has 1 atom stereocenters. The van der Waals surface area contributed by atoms with E-state index < -0.39 is 0 Å². The number of thioether (sulfide) groups is 1. The van der Waals surface area contributed by atoms with E-state index in [9.17, 15) is 4.79 Å². The van der Waals surface area contributed by atoms with Crippen LogP contribution in [0.4, 0.5) is 0 Å². The van der Waals surface area contributed by atoms with E-state index in [2.05, 4.69) is 10.6 Å². The first kappa shape index (κ1) is 14.2. The highest BCUT2D eigenvalue weighted by atomic mass is 32.2. The molecule has 5 heteroatoms.